The molecular formula is C23H25N3O3. The lowest BCUT2D eigenvalue weighted by Crippen LogP contribution is -2.65. The predicted octanol–water partition coefficient (Wildman–Crippen LogP) is 2.70. The Hall–Kier alpha value is -2.86. The van der Waals surface area contributed by atoms with Crippen molar-refractivity contribution in [3.63, 3.8) is 0 Å². The van der Waals surface area contributed by atoms with E-state index in [2.05, 4.69) is 12.1 Å². The van der Waals surface area contributed by atoms with Gasteiger partial charge in [-0.1, -0.05) is 30.3 Å². The van der Waals surface area contributed by atoms with Gasteiger partial charge in [-0.05, 0) is 36.6 Å². The lowest BCUT2D eigenvalue weighted by Gasteiger charge is -2.58. The zero-order valence-corrected chi connectivity index (χ0v) is 16.8. The average Bonchev–Trinajstić information content (AvgIpc) is 2.90. The third-order valence-corrected chi connectivity index (χ3v) is 6.51. The third-order valence-electron chi connectivity index (χ3n) is 6.51. The van der Waals surface area contributed by atoms with Crippen molar-refractivity contribution in [2.75, 3.05) is 13.1 Å². The van der Waals surface area contributed by atoms with Crippen LogP contribution in [0.1, 0.15) is 28.8 Å². The summed E-state index contributed by atoms with van der Waals surface area (Å²) in [6.45, 7) is 2.24. The Morgan fingerprint density at radius 2 is 1.72 bits per heavy atom. The molecule has 2 heterocycles. The molecule has 6 heteroatoms. The number of hydrogen-bond acceptors (Lipinski definition) is 3. The number of ether oxygens (including phenoxy) is 1. The van der Waals surface area contributed by atoms with Crippen LogP contribution < -0.4 is 5.69 Å². The van der Waals surface area contributed by atoms with Crippen LogP contribution in [0.25, 0.3) is 11.0 Å². The molecule has 1 aliphatic heterocycles. The molecule has 0 atom stereocenters. The number of aryl methyl sites for hydroxylation is 2. The van der Waals surface area contributed by atoms with Crippen LogP contribution in [0.3, 0.4) is 0 Å². The zero-order chi connectivity index (χ0) is 20.2. The molecule has 0 bridgehead atoms. The maximum atomic E-state index is 12.9. The van der Waals surface area contributed by atoms with Crippen LogP contribution in [0, 0.1) is 5.41 Å². The summed E-state index contributed by atoms with van der Waals surface area (Å²) in [5, 5.41) is 0. The molecule has 1 aromatic heterocycles. The van der Waals surface area contributed by atoms with E-state index in [-0.39, 0.29) is 17.0 Å². The molecule has 0 radical (unpaired) electrons. The van der Waals surface area contributed by atoms with E-state index in [1.54, 1.807) is 23.2 Å². The van der Waals surface area contributed by atoms with Gasteiger partial charge in [0.2, 0.25) is 0 Å². The van der Waals surface area contributed by atoms with E-state index in [1.807, 2.05) is 41.3 Å². The Morgan fingerprint density at radius 1 is 1.03 bits per heavy atom. The molecule has 2 fully saturated rings. The number of aromatic nitrogens is 2. The topological polar surface area (TPSA) is 56.5 Å². The standard InChI is InChI=1S/C23H25N3O3/c1-24-19-9-8-17(10-20(19)25(2)22(24)28)21(27)26-14-23(15-26)11-18(12-23)29-13-16-6-4-3-5-7-16/h3-10,18H,11-15H2,1-2H3. The monoisotopic (exact) mass is 391 g/mol. The van der Waals surface area contributed by atoms with Gasteiger partial charge in [-0.3, -0.25) is 13.9 Å². The van der Waals surface area contributed by atoms with Crippen molar-refractivity contribution in [3.8, 4) is 0 Å². The number of imidazole rings is 1. The quantitative estimate of drug-likeness (QED) is 0.687. The van der Waals surface area contributed by atoms with Gasteiger partial charge in [-0.25, -0.2) is 4.79 Å². The Labute approximate surface area is 169 Å². The number of fused-ring (bicyclic) bond motifs is 1. The Balaban J connectivity index is 1.18. The van der Waals surface area contributed by atoms with Gasteiger partial charge < -0.3 is 9.64 Å². The minimum absolute atomic E-state index is 0.0440. The van der Waals surface area contributed by atoms with Gasteiger partial charge in [0.1, 0.15) is 0 Å². The maximum absolute atomic E-state index is 12.9. The molecule has 2 aliphatic rings. The summed E-state index contributed by atoms with van der Waals surface area (Å²) in [5.74, 6) is 0.0440. The van der Waals surface area contributed by atoms with Gasteiger partial charge in [0.05, 0.1) is 23.7 Å². The van der Waals surface area contributed by atoms with Gasteiger partial charge in [-0.2, -0.15) is 0 Å². The van der Waals surface area contributed by atoms with Crippen molar-refractivity contribution in [2.24, 2.45) is 19.5 Å². The second-order valence-electron chi connectivity index (χ2n) is 8.59. The van der Waals surface area contributed by atoms with E-state index < -0.39 is 0 Å². The molecule has 2 aromatic carbocycles. The highest BCUT2D eigenvalue weighted by atomic mass is 16.5. The number of amides is 1. The molecule has 6 nitrogen and oxygen atoms in total. The fourth-order valence-corrected chi connectivity index (χ4v) is 4.80. The molecule has 1 amide bonds. The number of rotatable bonds is 4. The maximum Gasteiger partial charge on any atom is 0.328 e. The SMILES string of the molecule is Cn1c(=O)n(C)c2cc(C(=O)N3CC4(CC(OCc5ccccc5)C4)C3)ccc21. The van der Waals surface area contributed by atoms with Crippen molar-refractivity contribution in [2.45, 2.75) is 25.6 Å². The molecule has 1 saturated heterocycles. The Morgan fingerprint density at radius 3 is 2.45 bits per heavy atom. The van der Waals surface area contributed by atoms with Crippen LogP contribution in [-0.2, 0) is 25.4 Å². The highest BCUT2D eigenvalue weighted by Gasteiger charge is 2.54. The second-order valence-corrected chi connectivity index (χ2v) is 8.59. The van der Waals surface area contributed by atoms with E-state index in [4.69, 9.17) is 4.74 Å². The van der Waals surface area contributed by atoms with Gasteiger partial charge in [0.25, 0.3) is 5.91 Å². The van der Waals surface area contributed by atoms with E-state index >= 15 is 0 Å². The summed E-state index contributed by atoms with van der Waals surface area (Å²) in [7, 11) is 3.49. The first-order valence-electron chi connectivity index (χ1n) is 10.1. The van der Waals surface area contributed by atoms with Crippen molar-refractivity contribution in [1.29, 1.82) is 0 Å². The average molecular weight is 391 g/mol. The molecule has 1 spiro atoms. The number of carbonyl (C=O) groups excluding carboxylic acids is 1. The summed E-state index contributed by atoms with van der Waals surface area (Å²) in [4.78, 5) is 26.9. The summed E-state index contributed by atoms with van der Waals surface area (Å²) in [6, 6.07) is 15.7. The molecule has 29 heavy (non-hydrogen) atoms. The first-order chi connectivity index (χ1) is 14.0. The Kier molecular flexibility index (Phi) is 4.13. The molecule has 1 aliphatic carbocycles. The first kappa shape index (κ1) is 18.2. The van der Waals surface area contributed by atoms with Crippen LogP contribution in [0.15, 0.2) is 53.3 Å². The van der Waals surface area contributed by atoms with Crippen LogP contribution in [0.2, 0.25) is 0 Å². The number of nitrogens with zero attached hydrogens (tertiary/aromatic N) is 3. The number of likely N-dealkylation sites (tertiary alicyclic amines) is 1. The van der Waals surface area contributed by atoms with E-state index in [9.17, 15) is 9.59 Å². The smallest absolute Gasteiger partial charge is 0.328 e. The van der Waals surface area contributed by atoms with Gasteiger partial charge in [0.15, 0.2) is 0 Å². The van der Waals surface area contributed by atoms with Gasteiger partial charge >= 0.3 is 5.69 Å². The second kappa shape index (κ2) is 6.59. The highest BCUT2D eigenvalue weighted by molar-refractivity contribution is 5.98. The molecule has 0 N–H and O–H groups in total. The first-order valence-corrected chi connectivity index (χ1v) is 10.1. The highest BCUT2D eigenvalue weighted by Crippen LogP contribution is 2.50. The van der Waals surface area contributed by atoms with E-state index in [1.165, 1.54) is 5.56 Å². The lowest BCUT2D eigenvalue weighted by molar-refractivity contribution is -0.143. The van der Waals surface area contributed by atoms with Crippen LogP contribution in [0.5, 0.6) is 0 Å². The molecule has 1 saturated carbocycles. The summed E-state index contributed by atoms with van der Waals surface area (Å²) in [5.41, 5.74) is 3.63. The van der Waals surface area contributed by atoms with Crippen molar-refractivity contribution >= 4 is 16.9 Å². The number of carbonyl (C=O) groups is 1. The van der Waals surface area contributed by atoms with Crippen molar-refractivity contribution < 1.29 is 9.53 Å². The normalized spacial score (nSPS) is 18.1. The van der Waals surface area contributed by atoms with Gasteiger partial charge in [0, 0.05) is 38.2 Å². The Bertz CT molecular complexity index is 1130. The number of benzene rings is 2. The fourth-order valence-electron chi connectivity index (χ4n) is 4.80. The lowest BCUT2D eigenvalue weighted by atomic mass is 9.61. The minimum atomic E-state index is -0.0801. The molecule has 150 valence electrons. The third kappa shape index (κ3) is 2.99. The van der Waals surface area contributed by atoms with Crippen molar-refractivity contribution in [3.05, 3.63) is 70.1 Å². The molecule has 0 unspecified atom stereocenters. The van der Waals surface area contributed by atoms with E-state index in [0.717, 1.165) is 37.0 Å². The summed E-state index contributed by atoms with van der Waals surface area (Å²) < 4.78 is 9.20. The zero-order valence-electron chi connectivity index (χ0n) is 16.8. The van der Waals surface area contributed by atoms with Crippen LogP contribution in [0.4, 0.5) is 0 Å². The number of hydrogen-bond donors (Lipinski definition) is 0. The molecule has 3 aromatic rings. The fraction of sp³-hybridized carbons (Fsp3) is 0.391. The van der Waals surface area contributed by atoms with E-state index in [0.29, 0.717) is 18.3 Å². The molecule has 5 rings (SSSR count). The minimum Gasteiger partial charge on any atom is -0.373 e. The molecular weight excluding hydrogens is 366 g/mol. The largest absolute Gasteiger partial charge is 0.373 e. The predicted molar refractivity (Wildman–Crippen MR) is 111 cm³/mol. The van der Waals surface area contributed by atoms with Crippen LogP contribution in [-0.4, -0.2) is 39.1 Å². The van der Waals surface area contributed by atoms with Gasteiger partial charge in [-0.15, -0.1) is 0 Å². The summed E-state index contributed by atoms with van der Waals surface area (Å²) >= 11 is 0. The van der Waals surface area contributed by atoms with Crippen LogP contribution >= 0.6 is 0 Å². The van der Waals surface area contributed by atoms with Crippen molar-refractivity contribution in [1.82, 2.24) is 14.0 Å². The summed E-state index contributed by atoms with van der Waals surface area (Å²) in [6.07, 6.45) is 2.34.